The second-order valence-electron chi connectivity index (χ2n) is 6.57. The summed E-state index contributed by atoms with van der Waals surface area (Å²) in [5.74, 6) is 0. The average Bonchev–Trinajstić information content (AvgIpc) is 2.93. The minimum atomic E-state index is 0.639. The standard InChI is InChI=1S/C20H23N3/c1-14-6-9-19-22-20(18(10-11-21)23(19)13-14)17-8-7-15-4-2-3-5-16(15)12-17/h6-9,12-13H,2-5,10-11,21H2,1H3. The fourth-order valence-corrected chi connectivity index (χ4v) is 3.69. The highest BCUT2D eigenvalue weighted by Gasteiger charge is 2.16. The molecule has 4 rings (SSSR count). The van der Waals surface area contributed by atoms with Crippen LogP contribution in [0, 0.1) is 6.92 Å². The number of imidazole rings is 1. The zero-order valence-corrected chi connectivity index (χ0v) is 13.7. The summed E-state index contributed by atoms with van der Waals surface area (Å²) in [6.45, 7) is 2.75. The van der Waals surface area contributed by atoms with Crippen LogP contribution in [0.15, 0.2) is 36.5 Å². The van der Waals surface area contributed by atoms with E-state index in [1.165, 1.54) is 53.6 Å². The molecule has 0 saturated carbocycles. The van der Waals surface area contributed by atoms with Gasteiger partial charge in [0.2, 0.25) is 0 Å². The predicted molar refractivity (Wildman–Crippen MR) is 94.8 cm³/mol. The van der Waals surface area contributed by atoms with Crippen LogP contribution in [-0.2, 0) is 19.3 Å². The molecule has 0 bridgehead atoms. The number of rotatable bonds is 3. The Morgan fingerprint density at radius 2 is 1.91 bits per heavy atom. The smallest absolute Gasteiger partial charge is 0.137 e. The molecule has 0 spiro atoms. The molecule has 0 unspecified atom stereocenters. The van der Waals surface area contributed by atoms with E-state index in [4.69, 9.17) is 10.7 Å². The van der Waals surface area contributed by atoms with Crippen molar-refractivity contribution >= 4 is 5.65 Å². The van der Waals surface area contributed by atoms with Gasteiger partial charge in [-0.3, -0.25) is 0 Å². The van der Waals surface area contributed by atoms with Crippen LogP contribution in [-0.4, -0.2) is 15.9 Å². The number of nitrogens with zero attached hydrogens (tertiary/aromatic N) is 2. The Labute approximate surface area is 137 Å². The lowest BCUT2D eigenvalue weighted by atomic mass is 9.89. The highest BCUT2D eigenvalue weighted by Crippen LogP contribution is 2.30. The van der Waals surface area contributed by atoms with E-state index in [9.17, 15) is 0 Å². The van der Waals surface area contributed by atoms with Gasteiger partial charge in [-0.25, -0.2) is 4.98 Å². The first-order valence-corrected chi connectivity index (χ1v) is 8.56. The Bertz CT molecular complexity index is 861. The Morgan fingerprint density at radius 3 is 2.74 bits per heavy atom. The Balaban J connectivity index is 1.89. The lowest BCUT2D eigenvalue weighted by molar-refractivity contribution is 0.686. The molecule has 0 aliphatic heterocycles. The zero-order chi connectivity index (χ0) is 15.8. The van der Waals surface area contributed by atoms with E-state index in [2.05, 4.69) is 47.9 Å². The maximum atomic E-state index is 5.87. The van der Waals surface area contributed by atoms with Crippen molar-refractivity contribution in [2.75, 3.05) is 6.54 Å². The molecule has 23 heavy (non-hydrogen) atoms. The van der Waals surface area contributed by atoms with Crippen molar-refractivity contribution in [2.24, 2.45) is 5.73 Å². The van der Waals surface area contributed by atoms with Crippen LogP contribution >= 0.6 is 0 Å². The van der Waals surface area contributed by atoms with Gasteiger partial charge in [0.1, 0.15) is 5.65 Å². The van der Waals surface area contributed by atoms with Gasteiger partial charge in [-0.15, -0.1) is 0 Å². The van der Waals surface area contributed by atoms with E-state index < -0.39 is 0 Å². The maximum Gasteiger partial charge on any atom is 0.137 e. The molecule has 0 atom stereocenters. The van der Waals surface area contributed by atoms with Gasteiger partial charge in [-0.05, 0) is 68.0 Å². The van der Waals surface area contributed by atoms with Crippen molar-refractivity contribution < 1.29 is 0 Å². The molecule has 3 heteroatoms. The number of fused-ring (bicyclic) bond motifs is 2. The third-order valence-corrected chi connectivity index (χ3v) is 4.87. The van der Waals surface area contributed by atoms with E-state index in [1.54, 1.807) is 0 Å². The van der Waals surface area contributed by atoms with Gasteiger partial charge in [-0.2, -0.15) is 0 Å². The number of aryl methyl sites for hydroxylation is 3. The highest BCUT2D eigenvalue weighted by molar-refractivity contribution is 5.68. The fraction of sp³-hybridized carbons (Fsp3) is 0.350. The Hall–Kier alpha value is -2.13. The number of pyridine rings is 1. The third-order valence-electron chi connectivity index (χ3n) is 4.87. The lowest BCUT2D eigenvalue weighted by Gasteiger charge is -2.16. The van der Waals surface area contributed by atoms with Crippen LogP contribution in [0.5, 0.6) is 0 Å². The zero-order valence-electron chi connectivity index (χ0n) is 13.7. The molecule has 1 aromatic carbocycles. The molecule has 0 saturated heterocycles. The molecule has 0 radical (unpaired) electrons. The van der Waals surface area contributed by atoms with Crippen LogP contribution in [0.4, 0.5) is 0 Å². The van der Waals surface area contributed by atoms with E-state index in [-0.39, 0.29) is 0 Å². The molecule has 2 N–H and O–H groups in total. The molecular weight excluding hydrogens is 282 g/mol. The van der Waals surface area contributed by atoms with Crippen molar-refractivity contribution in [3.8, 4) is 11.3 Å². The molecule has 0 amide bonds. The second-order valence-corrected chi connectivity index (χ2v) is 6.57. The third kappa shape index (κ3) is 2.55. The number of hydrogen-bond donors (Lipinski definition) is 1. The van der Waals surface area contributed by atoms with E-state index in [1.807, 2.05) is 0 Å². The number of benzene rings is 1. The molecule has 2 aromatic heterocycles. The van der Waals surface area contributed by atoms with Crippen molar-refractivity contribution in [3.63, 3.8) is 0 Å². The summed E-state index contributed by atoms with van der Waals surface area (Å²) in [4.78, 5) is 4.90. The molecular formula is C20H23N3. The second kappa shape index (κ2) is 5.82. The van der Waals surface area contributed by atoms with Gasteiger partial charge in [0, 0.05) is 18.2 Å². The molecule has 3 aromatic rings. The summed E-state index contributed by atoms with van der Waals surface area (Å²) in [6.07, 6.45) is 8.04. The molecule has 1 aliphatic carbocycles. The summed E-state index contributed by atoms with van der Waals surface area (Å²) in [5.41, 5.74) is 14.7. The number of aromatic nitrogens is 2. The summed E-state index contributed by atoms with van der Waals surface area (Å²) in [5, 5.41) is 0. The maximum absolute atomic E-state index is 5.87. The van der Waals surface area contributed by atoms with E-state index in [0.717, 1.165) is 17.8 Å². The SMILES string of the molecule is Cc1ccc2nc(-c3ccc4c(c3)CCCC4)c(CCN)n2c1. The van der Waals surface area contributed by atoms with Crippen molar-refractivity contribution in [1.29, 1.82) is 0 Å². The van der Waals surface area contributed by atoms with E-state index >= 15 is 0 Å². The van der Waals surface area contributed by atoms with Crippen LogP contribution in [0.1, 0.15) is 35.2 Å². The average molecular weight is 305 g/mol. The molecule has 1 aliphatic rings. The summed E-state index contributed by atoms with van der Waals surface area (Å²) < 4.78 is 2.21. The normalized spacial score (nSPS) is 14.2. The monoisotopic (exact) mass is 305 g/mol. The van der Waals surface area contributed by atoms with Gasteiger partial charge in [-0.1, -0.05) is 18.2 Å². The lowest BCUT2D eigenvalue weighted by Crippen LogP contribution is -2.07. The predicted octanol–water partition coefficient (Wildman–Crippen LogP) is 3.69. The van der Waals surface area contributed by atoms with Crippen molar-refractivity contribution in [3.05, 3.63) is 58.9 Å². The van der Waals surface area contributed by atoms with Gasteiger partial charge < -0.3 is 10.1 Å². The molecule has 0 fully saturated rings. The molecule has 3 nitrogen and oxygen atoms in total. The van der Waals surface area contributed by atoms with Gasteiger partial charge >= 0.3 is 0 Å². The summed E-state index contributed by atoms with van der Waals surface area (Å²) >= 11 is 0. The highest BCUT2D eigenvalue weighted by atomic mass is 15.0. The topological polar surface area (TPSA) is 43.3 Å². The molecule has 2 heterocycles. The van der Waals surface area contributed by atoms with Crippen molar-refractivity contribution in [1.82, 2.24) is 9.38 Å². The largest absolute Gasteiger partial charge is 0.330 e. The van der Waals surface area contributed by atoms with Crippen LogP contribution in [0.2, 0.25) is 0 Å². The number of nitrogens with two attached hydrogens (primary N) is 1. The summed E-state index contributed by atoms with van der Waals surface area (Å²) in [6, 6.07) is 11.1. The minimum absolute atomic E-state index is 0.639. The van der Waals surface area contributed by atoms with Gasteiger partial charge in [0.15, 0.2) is 0 Å². The van der Waals surface area contributed by atoms with E-state index in [0.29, 0.717) is 6.54 Å². The van der Waals surface area contributed by atoms with Crippen LogP contribution in [0.3, 0.4) is 0 Å². The minimum Gasteiger partial charge on any atom is -0.330 e. The van der Waals surface area contributed by atoms with Crippen LogP contribution < -0.4 is 5.73 Å². The number of hydrogen-bond acceptors (Lipinski definition) is 2. The fourth-order valence-electron chi connectivity index (χ4n) is 3.69. The first-order valence-electron chi connectivity index (χ1n) is 8.56. The van der Waals surface area contributed by atoms with Crippen molar-refractivity contribution in [2.45, 2.75) is 39.0 Å². The van der Waals surface area contributed by atoms with Gasteiger partial charge in [0.25, 0.3) is 0 Å². The van der Waals surface area contributed by atoms with Crippen LogP contribution in [0.25, 0.3) is 16.9 Å². The molecule has 118 valence electrons. The first-order chi connectivity index (χ1) is 11.3. The quantitative estimate of drug-likeness (QED) is 0.802. The van der Waals surface area contributed by atoms with Gasteiger partial charge in [0.05, 0.1) is 11.4 Å². The first kappa shape index (κ1) is 14.5. The summed E-state index contributed by atoms with van der Waals surface area (Å²) in [7, 11) is 0. The Morgan fingerprint density at radius 1 is 1.09 bits per heavy atom. The Kier molecular flexibility index (Phi) is 3.66.